The summed E-state index contributed by atoms with van der Waals surface area (Å²) in [4.78, 5) is 40.2. The molecular formula is C17H22N2O5. The quantitative estimate of drug-likeness (QED) is 0.794. The van der Waals surface area contributed by atoms with E-state index in [1.165, 1.54) is 12.1 Å². The molecule has 0 aromatic carbocycles. The molecular weight excluding hydrogens is 312 g/mol. The van der Waals surface area contributed by atoms with E-state index in [-0.39, 0.29) is 28.9 Å². The second-order valence-corrected chi connectivity index (χ2v) is 6.30. The van der Waals surface area contributed by atoms with E-state index in [2.05, 4.69) is 0 Å². The molecule has 2 amide bonds. The van der Waals surface area contributed by atoms with Crippen LogP contribution in [0.25, 0.3) is 0 Å². The summed E-state index contributed by atoms with van der Waals surface area (Å²) < 4.78 is 10.7. The van der Waals surface area contributed by atoms with Gasteiger partial charge in [0.15, 0.2) is 11.2 Å². The van der Waals surface area contributed by atoms with Gasteiger partial charge in [0, 0.05) is 38.3 Å². The predicted octanol–water partition coefficient (Wildman–Crippen LogP) is 0.659. The zero-order chi connectivity index (χ0) is 17.1. The molecule has 2 aliphatic heterocycles. The summed E-state index contributed by atoms with van der Waals surface area (Å²) in [7, 11) is 0. The highest BCUT2D eigenvalue weighted by molar-refractivity contribution is 5.92. The van der Waals surface area contributed by atoms with Crippen LogP contribution in [0.3, 0.4) is 0 Å². The molecule has 7 nitrogen and oxygen atoms in total. The number of piperidine rings is 1. The summed E-state index contributed by atoms with van der Waals surface area (Å²) in [6.07, 6.45) is 1.54. The van der Waals surface area contributed by atoms with Crippen LogP contribution in [0.15, 0.2) is 21.3 Å². The number of nitrogens with zero attached hydrogens (tertiary/aromatic N) is 2. The van der Waals surface area contributed by atoms with Gasteiger partial charge in [-0.05, 0) is 19.8 Å². The third kappa shape index (κ3) is 3.67. The average Bonchev–Trinajstić information content (AvgIpc) is 2.60. The first-order valence-corrected chi connectivity index (χ1v) is 8.32. The summed E-state index contributed by atoms with van der Waals surface area (Å²) in [5, 5.41) is 0. The number of hydrogen-bond donors (Lipinski definition) is 0. The average molecular weight is 334 g/mol. The number of amides is 2. The lowest BCUT2D eigenvalue weighted by Gasteiger charge is -2.36. The van der Waals surface area contributed by atoms with Crippen LogP contribution < -0.4 is 5.43 Å². The standard InChI is InChI=1S/C17H22N2O5/c1-12-9-14(20)10-15(24-12)17(22)19-4-2-3-13(11-19)16(21)18-5-7-23-8-6-18/h9-10,13H,2-8,11H2,1H3/t13-/m1/s1. The highest BCUT2D eigenvalue weighted by atomic mass is 16.5. The van der Waals surface area contributed by atoms with Gasteiger partial charge >= 0.3 is 0 Å². The molecule has 2 aliphatic rings. The first kappa shape index (κ1) is 16.7. The van der Waals surface area contributed by atoms with Gasteiger partial charge in [-0.1, -0.05) is 0 Å². The van der Waals surface area contributed by atoms with Gasteiger partial charge < -0.3 is 19.0 Å². The molecule has 7 heteroatoms. The molecule has 3 rings (SSSR count). The lowest BCUT2D eigenvalue weighted by molar-refractivity contribution is -0.141. The lowest BCUT2D eigenvalue weighted by Crippen LogP contribution is -2.49. The zero-order valence-corrected chi connectivity index (χ0v) is 13.8. The first-order chi connectivity index (χ1) is 11.5. The minimum Gasteiger partial charge on any atom is -0.456 e. The smallest absolute Gasteiger partial charge is 0.289 e. The van der Waals surface area contributed by atoms with Gasteiger partial charge in [-0.25, -0.2) is 0 Å². The largest absolute Gasteiger partial charge is 0.456 e. The molecule has 2 saturated heterocycles. The molecule has 0 radical (unpaired) electrons. The Hall–Kier alpha value is -2.15. The molecule has 3 heterocycles. The van der Waals surface area contributed by atoms with Crippen molar-refractivity contribution in [2.45, 2.75) is 19.8 Å². The maximum Gasteiger partial charge on any atom is 0.289 e. The van der Waals surface area contributed by atoms with E-state index in [0.717, 1.165) is 12.8 Å². The van der Waals surface area contributed by atoms with Crippen LogP contribution in [0, 0.1) is 12.8 Å². The third-order valence-corrected chi connectivity index (χ3v) is 4.48. The van der Waals surface area contributed by atoms with Gasteiger partial charge in [0.05, 0.1) is 19.1 Å². The Bertz CT molecular complexity index is 678. The van der Waals surface area contributed by atoms with E-state index in [0.29, 0.717) is 45.2 Å². The topological polar surface area (TPSA) is 80.1 Å². The fourth-order valence-corrected chi connectivity index (χ4v) is 3.27. The fourth-order valence-electron chi connectivity index (χ4n) is 3.27. The van der Waals surface area contributed by atoms with E-state index in [1.807, 2.05) is 4.90 Å². The van der Waals surface area contributed by atoms with Gasteiger partial charge in [0.1, 0.15) is 5.76 Å². The number of carbonyl (C=O) groups excluding carboxylic acids is 2. The highest BCUT2D eigenvalue weighted by Gasteiger charge is 2.32. The third-order valence-electron chi connectivity index (χ3n) is 4.48. The van der Waals surface area contributed by atoms with E-state index in [4.69, 9.17) is 9.15 Å². The number of likely N-dealkylation sites (tertiary alicyclic amines) is 1. The minimum absolute atomic E-state index is 0.0412. The van der Waals surface area contributed by atoms with Crippen molar-refractivity contribution in [3.8, 4) is 0 Å². The van der Waals surface area contributed by atoms with Crippen molar-refractivity contribution in [2.75, 3.05) is 39.4 Å². The van der Waals surface area contributed by atoms with Crippen molar-refractivity contribution in [3.05, 3.63) is 33.9 Å². The van der Waals surface area contributed by atoms with Gasteiger partial charge in [0.2, 0.25) is 5.91 Å². The van der Waals surface area contributed by atoms with Crippen molar-refractivity contribution >= 4 is 11.8 Å². The Kier molecular flexibility index (Phi) is 4.99. The number of ether oxygens (including phenoxy) is 1. The SMILES string of the molecule is Cc1cc(=O)cc(C(=O)N2CCC[C@@H](C(=O)N3CCOCC3)C2)o1. The van der Waals surface area contributed by atoms with Crippen LogP contribution in [-0.4, -0.2) is 61.0 Å². The van der Waals surface area contributed by atoms with E-state index >= 15 is 0 Å². The van der Waals surface area contributed by atoms with Crippen LogP contribution in [0.2, 0.25) is 0 Å². The number of hydrogen-bond acceptors (Lipinski definition) is 5. The lowest BCUT2D eigenvalue weighted by atomic mass is 9.96. The van der Waals surface area contributed by atoms with Gasteiger partial charge in [-0.3, -0.25) is 14.4 Å². The molecule has 24 heavy (non-hydrogen) atoms. The van der Waals surface area contributed by atoms with E-state index in [1.54, 1.807) is 11.8 Å². The van der Waals surface area contributed by atoms with Crippen molar-refractivity contribution < 1.29 is 18.7 Å². The van der Waals surface area contributed by atoms with Crippen molar-refractivity contribution in [1.82, 2.24) is 9.80 Å². The molecule has 130 valence electrons. The summed E-state index contributed by atoms with van der Waals surface area (Å²) >= 11 is 0. The Labute approximate surface area is 140 Å². The minimum atomic E-state index is -0.324. The van der Waals surface area contributed by atoms with Crippen LogP contribution in [0.4, 0.5) is 0 Å². The van der Waals surface area contributed by atoms with Gasteiger partial charge in [-0.2, -0.15) is 0 Å². The van der Waals surface area contributed by atoms with Crippen LogP contribution in [0.5, 0.6) is 0 Å². The van der Waals surface area contributed by atoms with Crippen molar-refractivity contribution in [1.29, 1.82) is 0 Å². The number of carbonyl (C=O) groups is 2. The maximum absolute atomic E-state index is 12.6. The number of aryl methyl sites for hydroxylation is 1. The second kappa shape index (κ2) is 7.17. The Morgan fingerprint density at radius 3 is 2.58 bits per heavy atom. The van der Waals surface area contributed by atoms with Crippen LogP contribution >= 0.6 is 0 Å². The zero-order valence-electron chi connectivity index (χ0n) is 13.8. The van der Waals surface area contributed by atoms with Crippen LogP contribution in [0.1, 0.15) is 29.2 Å². The van der Waals surface area contributed by atoms with Crippen molar-refractivity contribution in [3.63, 3.8) is 0 Å². The predicted molar refractivity (Wildman–Crippen MR) is 85.7 cm³/mol. The first-order valence-electron chi connectivity index (χ1n) is 8.32. The number of rotatable bonds is 2. The molecule has 1 atom stereocenters. The molecule has 0 N–H and O–H groups in total. The maximum atomic E-state index is 12.6. The second-order valence-electron chi connectivity index (χ2n) is 6.30. The highest BCUT2D eigenvalue weighted by Crippen LogP contribution is 2.21. The summed E-state index contributed by atoms with van der Waals surface area (Å²) in [5.74, 6) is 0.0115. The van der Waals surface area contributed by atoms with E-state index in [9.17, 15) is 14.4 Å². The normalized spacial score (nSPS) is 21.6. The molecule has 0 spiro atoms. The Morgan fingerprint density at radius 2 is 1.88 bits per heavy atom. The molecule has 0 saturated carbocycles. The fraction of sp³-hybridized carbons (Fsp3) is 0.588. The van der Waals surface area contributed by atoms with Gasteiger partial charge in [0.25, 0.3) is 5.91 Å². The van der Waals surface area contributed by atoms with E-state index < -0.39 is 0 Å². The molecule has 2 fully saturated rings. The molecule has 0 bridgehead atoms. The Balaban J connectivity index is 1.69. The van der Waals surface area contributed by atoms with Crippen molar-refractivity contribution in [2.24, 2.45) is 5.92 Å². The molecule has 0 aliphatic carbocycles. The molecule has 1 aromatic rings. The summed E-state index contributed by atoms with van der Waals surface area (Å²) in [6.45, 7) is 4.92. The number of morpholine rings is 1. The summed E-state index contributed by atoms with van der Waals surface area (Å²) in [5.41, 5.74) is -0.250. The van der Waals surface area contributed by atoms with Gasteiger partial charge in [-0.15, -0.1) is 0 Å². The summed E-state index contributed by atoms with van der Waals surface area (Å²) in [6, 6.07) is 2.56. The molecule has 1 aromatic heterocycles. The monoisotopic (exact) mass is 334 g/mol. The van der Waals surface area contributed by atoms with Crippen LogP contribution in [-0.2, 0) is 9.53 Å². The molecule has 0 unspecified atom stereocenters. The Morgan fingerprint density at radius 1 is 1.12 bits per heavy atom.